The Balaban J connectivity index is 1.98. The Morgan fingerprint density at radius 3 is 2.46 bits per heavy atom. The van der Waals surface area contributed by atoms with Crippen molar-refractivity contribution in [1.29, 1.82) is 0 Å². The summed E-state index contributed by atoms with van der Waals surface area (Å²) < 4.78 is 38.3. The Hall–Kier alpha value is -1.86. The van der Waals surface area contributed by atoms with Crippen LogP contribution in [0.3, 0.4) is 0 Å². The third kappa shape index (κ3) is 3.32. The second-order valence-electron chi connectivity index (χ2n) is 5.81. The van der Waals surface area contributed by atoms with E-state index in [0.29, 0.717) is 18.5 Å². The first-order valence-electron chi connectivity index (χ1n) is 7.56. The van der Waals surface area contributed by atoms with E-state index in [0.717, 1.165) is 24.1 Å². The molecule has 3 nitrogen and oxygen atoms in total. The quantitative estimate of drug-likeness (QED) is 0.883. The lowest BCUT2D eigenvalue weighted by Crippen LogP contribution is -2.39. The molecule has 1 aliphatic heterocycles. The summed E-state index contributed by atoms with van der Waals surface area (Å²) in [6.45, 7) is 0.610. The minimum Gasteiger partial charge on any atom is -0.480 e. The average Bonchev–Trinajstić information content (AvgIpc) is 3.19. The van der Waals surface area contributed by atoms with Crippen LogP contribution < -0.4 is 0 Å². The second-order valence-corrected chi connectivity index (χ2v) is 6.59. The number of rotatable bonds is 4. The van der Waals surface area contributed by atoms with Crippen molar-refractivity contribution in [2.45, 2.75) is 31.1 Å². The van der Waals surface area contributed by atoms with Gasteiger partial charge in [-0.15, -0.1) is 0 Å². The number of aliphatic carboxylic acids is 1. The first kappa shape index (κ1) is 17.0. The molecular weight excluding hydrogens is 339 g/mol. The normalized spacial score (nSPS) is 20.2. The van der Waals surface area contributed by atoms with E-state index < -0.39 is 23.8 Å². The third-order valence-corrected chi connectivity index (χ3v) is 5.03. The van der Waals surface area contributed by atoms with E-state index in [2.05, 4.69) is 0 Å². The number of halogens is 3. The highest BCUT2D eigenvalue weighted by molar-refractivity contribution is 7.08. The lowest BCUT2D eigenvalue weighted by atomic mass is 9.97. The van der Waals surface area contributed by atoms with Crippen LogP contribution in [0.1, 0.15) is 35.6 Å². The predicted molar refractivity (Wildman–Crippen MR) is 85.0 cm³/mol. The molecule has 2 aromatic rings. The van der Waals surface area contributed by atoms with Gasteiger partial charge in [0.2, 0.25) is 0 Å². The maximum Gasteiger partial charge on any atom is 0.416 e. The smallest absolute Gasteiger partial charge is 0.416 e. The van der Waals surface area contributed by atoms with E-state index in [1.807, 2.05) is 21.7 Å². The van der Waals surface area contributed by atoms with Gasteiger partial charge >= 0.3 is 12.1 Å². The number of carbonyl (C=O) groups is 1. The summed E-state index contributed by atoms with van der Waals surface area (Å²) in [5.74, 6) is -0.889. The molecule has 0 bridgehead atoms. The fourth-order valence-electron chi connectivity index (χ4n) is 3.22. The monoisotopic (exact) mass is 355 g/mol. The Kier molecular flexibility index (Phi) is 4.64. The molecule has 1 fully saturated rings. The van der Waals surface area contributed by atoms with E-state index >= 15 is 0 Å². The van der Waals surface area contributed by atoms with Crippen LogP contribution in [0, 0.1) is 0 Å². The Labute approximate surface area is 141 Å². The van der Waals surface area contributed by atoms with E-state index in [-0.39, 0.29) is 6.04 Å². The van der Waals surface area contributed by atoms with Crippen LogP contribution in [0.2, 0.25) is 0 Å². The summed E-state index contributed by atoms with van der Waals surface area (Å²) in [4.78, 5) is 13.4. The molecular formula is C17H16F3NO2S. The second kappa shape index (κ2) is 6.57. The maximum absolute atomic E-state index is 12.8. The molecule has 7 heteroatoms. The fraction of sp³-hybridized carbons (Fsp3) is 0.353. The van der Waals surface area contributed by atoms with Crippen molar-refractivity contribution < 1.29 is 23.1 Å². The average molecular weight is 355 g/mol. The minimum absolute atomic E-state index is 0.345. The molecule has 0 radical (unpaired) electrons. The lowest BCUT2D eigenvalue weighted by Gasteiger charge is -2.31. The van der Waals surface area contributed by atoms with Crippen molar-refractivity contribution in [2.24, 2.45) is 0 Å². The van der Waals surface area contributed by atoms with Gasteiger partial charge in [0.1, 0.15) is 6.04 Å². The fourth-order valence-corrected chi connectivity index (χ4v) is 3.90. The van der Waals surface area contributed by atoms with Crippen LogP contribution in [0.4, 0.5) is 13.2 Å². The Bertz CT molecular complexity index is 698. The van der Waals surface area contributed by atoms with Crippen LogP contribution in [-0.4, -0.2) is 28.6 Å². The number of carboxylic acids is 1. The van der Waals surface area contributed by atoms with Gasteiger partial charge in [0.25, 0.3) is 0 Å². The number of benzene rings is 1. The topological polar surface area (TPSA) is 40.5 Å². The van der Waals surface area contributed by atoms with E-state index in [1.165, 1.54) is 23.5 Å². The number of thiophene rings is 1. The van der Waals surface area contributed by atoms with Gasteiger partial charge in [-0.25, -0.2) is 0 Å². The summed E-state index contributed by atoms with van der Waals surface area (Å²) in [5.41, 5.74) is 0.883. The molecule has 0 spiro atoms. The van der Waals surface area contributed by atoms with Crippen molar-refractivity contribution in [3.05, 3.63) is 57.8 Å². The van der Waals surface area contributed by atoms with Crippen molar-refractivity contribution >= 4 is 17.3 Å². The SMILES string of the molecule is O=C(O)C1CCCN1C(c1ccc(C(F)(F)F)cc1)c1ccsc1. The van der Waals surface area contributed by atoms with E-state index in [1.54, 1.807) is 0 Å². The summed E-state index contributed by atoms with van der Waals surface area (Å²) >= 11 is 1.48. The van der Waals surface area contributed by atoms with E-state index in [9.17, 15) is 23.1 Å². The van der Waals surface area contributed by atoms with Crippen LogP contribution in [-0.2, 0) is 11.0 Å². The molecule has 1 N–H and O–H groups in total. The highest BCUT2D eigenvalue weighted by Crippen LogP contribution is 2.37. The Morgan fingerprint density at radius 1 is 1.21 bits per heavy atom. The van der Waals surface area contributed by atoms with Gasteiger partial charge in [-0.3, -0.25) is 9.69 Å². The molecule has 1 aliphatic rings. The molecule has 0 aliphatic carbocycles. The zero-order valence-corrected chi connectivity index (χ0v) is 13.5. The lowest BCUT2D eigenvalue weighted by molar-refractivity contribution is -0.142. The molecule has 24 heavy (non-hydrogen) atoms. The van der Waals surface area contributed by atoms with Gasteiger partial charge in [-0.1, -0.05) is 12.1 Å². The summed E-state index contributed by atoms with van der Waals surface area (Å²) in [6, 6.07) is 5.94. The molecule has 1 aromatic carbocycles. The highest BCUT2D eigenvalue weighted by Gasteiger charge is 2.37. The summed E-state index contributed by atoms with van der Waals surface area (Å²) in [5, 5.41) is 13.2. The Morgan fingerprint density at radius 2 is 1.92 bits per heavy atom. The zero-order chi connectivity index (χ0) is 17.3. The molecule has 2 atom stereocenters. The largest absolute Gasteiger partial charge is 0.480 e. The number of hydrogen-bond donors (Lipinski definition) is 1. The van der Waals surface area contributed by atoms with Gasteiger partial charge in [-0.05, 0) is 52.9 Å². The number of nitrogens with zero attached hydrogens (tertiary/aromatic N) is 1. The summed E-state index contributed by atoms with van der Waals surface area (Å²) in [7, 11) is 0. The molecule has 3 rings (SSSR count). The first-order valence-corrected chi connectivity index (χ1v) is 8.50. The number of likely N-dealkylation sites (tertiary alicyclic amines) is 1. The van der Waals surface area contributed by atoms with Crippen molar-refractivity contribution in [1.82, 2.24) is 4.90 Å². The minimum atomic E-state index is -4.38. The van der Waals surface area contributed by atoms with Crippen molar-refractivity contribution in [3.63, 3.8) is 0 Å². The number of hydrogen-bond acceptors (Lipinski definition) is 3. The van der Waals surface area contributed by atoms with Gasteiger partial charge in [0.15, 0.2) is 0 Å². The van der Waals surface area contributed by atoms with Gasteiger partial charge in [-0.2, -0.15) is 24.5 Å². The first-order chi connectivity index (χ1) is 11.4. The van der Waals surface area contributed by atoms with Crippen LogP contribution in [0.25, 0.3) is 0 Å². The maximum atomic E-state index is 12.8. The molecule has 0 amide bonds. The standard InChI is InChI=1S/C17H16F3NO2S/c18-17(19,20)13-5-3-11(4-6-13)15(12-7-9-24-10-12)21-8-1-2-14(21)16(22)23/h3-7,9-10,14-15H,1-2,8H2,(H,22,23). The molecule has 128 valence electrons. The number of carboxylic acid groups (broad SMARTS) is 1. The molecule has 0 saturated carbocycles. The molecule has 2 heterocycles. The summed E-state index contributed by atoms with van der Waals surface area (Å²) in [6.07, 6.45) is -3.07. The van der Waals surface area contributed by atoms with Gasteiger partial charge in [0, 0.05) is 6.54 Å². The predicted octanol–water partition coefficient (Wildman–Crippen LogP) is 4.41. The third-order valence-electron chi connectivity index (χ3n) is 4.32. The zero-order valence-electron chi connectivity index (χ0n) is 12.7. The molecule has 1 saturated heterocycles. The van der Waals surface area contributed by atoms with Crippen molar-refractivity contribution in [3.8, 4) is 0 Å². The van der Waals surface area contributed by atoms with Crippen LogP contribution in [0.5, 0.6) is 0 Å². The molecule has 1 aromatic heterocycles. The number of alkyl halides is 3. The van der Waals surface area contributed by atoms with Gasteiger partial charge < -0.3 is 5.11 Å². The van der Waals surface area contributed by atoms with Crippen LogP contribution >= 0.6 is 11.3 Å². The highest BCUT2D eigenvalue weighted by atomic mass is 32.1. The van der Waals surface area contributed by atoms with Crippen LogP contribution in [0.15, 0.2) is 41.1 Å². The van der Waals surface area contributed by atoms with Gasteiger partial charge in [0.05, 0.1) is 11.6 Å². The van der Waals surface area contributed by atoms with Crippen molar-refractivity contribution in [2.75, 3.05) is 6.54 Å². The molecule has 2 unspecified atom stereocenters. The van der Waals surface area contributed by atoms with E-state index in [4.69, 9.17) is 0 Å².